The van der Waals surface area contributed by atoms with Gasteiger partial charge in [0, 0.05) is 28.2 Å². The molecule has 1 aromatic heterocycles. The first kappa shape index (κ1) is 22.7. The first-order valence-corrected chi connectivity index (χ1v) is 12.1. The van der Waals surface area contributed by atoms with Gasteiger partial charge in [0.05, 0.1) is 5.52 Å². The van der Waals surface area contributed by atoms with Gasteiger partial charge in [0.1, 0.15) is 5.75 Å². The summed E-state index contributed by atoms with van der Waals surface area (Å²) in [6.07, 6.45) is 13.4. The van der Waals surface area contributed by atoms with E-state index in [2.05, 4.69) is 24.5 Å². The smallest absolute Gasteiger partial charge is 0.125 e. The van der Waals surface area contributed by atoms with E-state index in [1.807, 2.05) is 30.3 Å². The van der Waals surface area contributed by atoms with Gasteiger partial charge >= 0.3 is 0 Å². The maximum absolute atomic E-state index is 10.6. The van der Waals surface area contributed by atoms with Crippen molar-refractivity contribution in [3.63, 3.8) is 0 Å². The number of nitrogens with zero attached hydrogens (tertiary/aromatic N) is 1. The van der Waals surface area contributed by atoms with Crippen LogP contribution in [0, 0.1) is 6.92 Å². The van der Waals surface area contributed by atoms with Crippen molar-refractivity contribution in [3.8, 4) is 16.9 Å². The predicted octanol–water partition coefficient (Wildman–Crippen LogP) is 8.90. The molecule has 30 heavy (non-hydrogen) atoms. The molecule has 2 aromatic carbocycles. The van der Waals surface area contributed by atoms with Gasteiger partial charge in [0.2, 0.25) is 0 Å². The predicted molar refractivity (Wildman–Crippen MR) is 131 cm³/mol. The Kier molecular flexibility index (Phi) is 8.69. The fourth-order valence-electron chi connectivity index (χ4n) is 4.52. The van der Waals surface area contributed by atoms with Crippen LogP contribution >= 0.6 is 11.6 Å². The summed E-state index contributed by atoms with van der Waals surface area (Å²) >= 11 is 6.09. The Morgan fingerprint density at radius 1 is 0.800 bits per heavy atom. The van der Waals surface area contributed by atoms with Gasteiger partial charge in [-0.2, -0.15) is 0 Å². The lowest BCUT2D eigenvalue weighted by atomic mass is 10.0. The lowest BCUT2D eigenvalue weighted by Gasteiger charge is -2.09. The van der Waals surface area contributed by atoms with Crippen molar-refractivity contribution >= 4 is 22.5 Å². The van der Waals surface area contributed by atoms with Gasteiger partial charge < -0.3 is 9.67 Å². The molecule has 0 unspecified atom stereocenters. The van der Waals surface area contributed by atoms with Crippen molar-refractivity contribution in [2.75, 3.05) is 0 Å². The van der Waals surface area contributed by atoms with Crippen molar-refractivity contribution in [2.24, 2.45) is 0 Å². The average Bonchev–Trinajstić information content (AvgIpc) is 3.03. The third-order valence-corrected chi connectivity index (χ3v) is 6.45. The highest BCUT2D eigenvalue weighted by atomic mass is 35.5. The monoisotopic (exact) mass is 425 g/mol. The molecule has 0 amide bonds. The molecular formula is C27H36ClNO. The van der Waals surface area contributed by atoms with Crippen LogP contribution in [0.4, 0.5) is 0 Å². The van der Waals surface area contributed by atoms with E-state index in [-0.39, 0.29) is 0 Å². The van der Waals surface area contributed by atoms with Gasteiger partial charge in [0.25, 0.3) is 0 Å². The zero-order valence-corrected chi connectivity index (χ0v) is 19.3. The summed E-state index contributed by atoms with van der Waals surface area (Å²) < 4.78 is 2.38. The number of hydrogen-bond donors (Lipinski definition) is 1. The van der Waals surface area contributed by atoms with E-state index >= 15 is 0 Å². The lowest BCUT2D eigenvalue weighted by molar-refractivity contribution is 0.481. The van der Waals surface area contributed by atoms with Crippen LogP contribution < -0.4 is 0 Å². The van der Waals surface area contributed by atoms with Crippen LogP contribution in [-0.4, -0.2) is 9.67 Å². The fourth-order valence-corrected chi connectivity index (χ4v) is 4.65. The minimum Gasteiger partial charge on any atom is -0.507 e. The summed E-state index contributed by atoms with van der Waals surface area (Å²) in [7, 11) is 0. The minimum absolute atomic E-state index is 0.349. The summed E-state index contributed by atoms with van der Waals surface area (Å²) in [6, 6.07) is 13.8. The van der Waals surface area contributed by atoms with Crippen LogP contribution in [0.15, 0.2) is 42.5 Å². The number of halogens is 1. The molecule has 0 bridgehead atoms. The number of fused-ring (bicyclic) bond motifs is 1. The van der Waals surface area contributed by atoms with Crippen molar-refractivity contribution < 1.29 is 5.11 Å². The standard InChI is InChI=1S/C27H36ClNO/c1-3-4-5-6-7-8-9-10-11-12-20-29-21(2)26(22-16-18-23(28)19-17-22)27-24(29)14-13-15-25(27)30/h13-19,30H,3-12,20H2,1-2H3. The van der Waals surface area contributed by atoms with E-state index in [0.717, 1.165) is 33.6 Å². The van der Waals surface area contributed by atoms with E-state index in [1.165, 1.54) is 69.9 Å². The molecular weight excluding hydrogens is 390 g/mol. The van der Waals surface area contributed by atoms with Crippen LogP contribution in [0.3, 0.4) is 0 Å². The number of aromatic hydroxyl groups is 1. The molecule has 1 heterocycles. The largest absolute Gasteiger partial charge is 0.507 e. The Labute approximate surface area is 186 Å². The summed E-state index contributed by atoms with van der Waals surface area (Å²) in [4.78, 5) is 0. The molecule has 0 aliphatic carbocycles. The molecule has 2 nitrogen and oxygen atoms in total. The van der Waals surface area contributed by atoms with Crippen LogP contribution in [0.5, 0.6) is 5.75 Å². The van der Waals surface area contributed by atoms with Gasteiger partial charge in [0.15, 0.2) is 0 Å². The molecule has 0 saturated heterocycles. The Morgan fingerprint density at radius 3 is 2.03 bits per heavy atom. The molecule has 0 aliphatic heterocycles. The second-order valence-electron chi connectivity index (χ2n) is 8.47. The van der Waals surface area contributed by atoms with E-state index in [9.17, 15) is 5.11 Å². The number of hydrogen-bond acceptors (Lipinski definition) is 1. The molecule has 3 aromatic rings. The molecule has 3 rings (SSSR count). The fraction of sp³-hybridized carbons (Fsp3) is 0.481. The van der Waals surface area contributed by atoms with Gasteiger partial charge in [-0.05, 0) is 43.2 Å². The summed E-state index contributed by atoms with van der Waals surface area (Å²) in [5, 5.41) is 12.3. The van der Waals surface area contributed by atoms with Crippen LogP contribution in [0.1, 0.15) is 76.8 Å². The van der Waals surface area contributed by atoms with Gasteiger partial charge in [-0.25, -0.2) is 0 Å². The molecule has 0 radical (unpaired) electrons. The van der Waals surface area contributed by atoms with Gasteiger partial charge in [-0.15, -0.1) is 0 Å². The average molecular weight is 426 g/mol. The Balaban J connectivity index is 1.63. The molecule has 0 spiro atoms. The number of benzene rings is 2. The first-order chi connectivity index (χ1) is 14.6. The number of aromatic nitrogens is 1. The van der Waals surface area contributed by atoms with Crippen LogP contribution in [0.25, 0.3) is 22.0 Å². The molecule has 3 heteroatoms. The van der Waals surface area contributed by atoms with E-state index in [1.54, 1.807) is 6.07 Å². The van der Waals surface area contributed by atoms with Crippen molar-refractivity contribution in [1.29, 1.82) is 0 Å². The van der Waals surface area contributed by atoms with Crippen molar-refractivity contribution in [1.82, 2.24) is 4.57 Å². The number of phenols is 1. The quantitative estimate of drug-likeness (QED) is 0.288. The van der Waals surface area contributed by atoms with Crippen LogP contribution in [-0.2, 0) is 6.54 Å². The lowest BCUT2D eigenvalue weighted by Crippen LogP contribution is -2.00. The number of aryl methyl sites for hydroxylation is 1. The second-order valence-corrected chi connectivity index (χ2v) is 8.91. The number of rotatable bonds is 12. The van der Waals surface area contributed by atoms with Crippen LogP contribution in [0.2, 0.25) is 5.02 Å². The van der Waals surface area contributed by atoms with Crippen molar-refractivity contribution in [3.05, 3.63) is 53.2 Å². The maximum Gasteiger partial charge on any atom is 0.125 e. The van der Waals surface area contributed by atoms with E-state index < -0.39 is 0 Å². The third-order valence-electron chi connectivity index (χ3n) is 6.20. The maximum atomic E-state index is 10.6. The summed E-state index contributed by atoms with van der Waals surface area (Å²) in [5.74, 6) is 0.349. The molecule has 0 atom stereocenters. The van der Waals surface area contributed by atoms with Gasteiger partial charge in [-0.3, -0.25) is 0 Å². The van der Waals surface area contributed by atoms with Crippen molar-refractivity contribution in [2.45, 2.75) is 84.6 Å². The summed E-state index contributed by atoms with van der Waals surface area (Å²) in [6.45, 7) is 5.44. The molecule has 0 aliphatic rings. The zero-order chi connectivity index (χ0) is 21.3. The second kappa shape index (κ2) is 11.5. The van der Waals surface area contributed by atoms with E-state index in [0.29, 0.717) is 5.75 Å². The molecule has 0 fully saturated rings. The molecule has 162 valence electrons. The zero-order valence-electron chi connectivity index (χ0n) is 18.6. The highest BCUT2D eigenvalue weighted by Crippen LogP contribution is 2.40. The Hall–Kier alpha value is -1.93. The number of unbranched alkanes of at least 4 members (excludes halogenated alkanes) is 9. The van der Waals surface area contributed by atoms with Gasteiger partial charge in [-0.1, -0.05) is 94.5 Å². The normalized spacial score (nSPS) is 11.4. The SMILES string of the molecule is CCCCCCCCCCCCn1c(C)c(-c2ccc(Cl)cc2)c2c(O)cccc21. The summed E-state index contributed by atoms with van der Waals surface area (Å²) in [5.41, 5.74) is 4.55. The Morgan fingerprint density at radius 2 is 1.40 bits per heavy atom. The first-order valence-electron chi connectivity index (χ1n) is 11.7. The number of phenolic OH excluding ortho intramolecular Hbond substituents is 1. The van der Waals surface area contributed by atoms with E-state index in [4.69, 9.17) is 11.6 Å². The minimum atomic E-state index is 0.349. The molecule has 0 saturated carbocycles. The Bertz CT molecular complexity index is 926. The third kappa shape index (κ3) is 5.60. The highest BCUT2D eigenvalue weighted by molar-refractivity contribution is 6.30. The highest BCUT2D eigenvalue weighted by Gasteiger charge is 2.18. The molecule has 1 N–H and O–H groups in total. The topological polar surface area (TPSA) is 25.2 Å².